The quantitative estimate of drug-likeness (QED) is 0.230. The molecule has 1 unspecified atom stereocenters. The predicted molar refractivity (Wildman–Crippen MR) is 95.1 cm³/mol. The van der Waals surface area contributed by atoms with Crippen LogP contribution in [0.2, 0.25) is 0 Å². The molecule has 0 aliphatic rings. The van der Waals surface area contributed by atoms with Crippen LogP contribution in [0.25, 0.3) is 0 Å². The van der Waals surface area contributed by atoms with Crippen molar-refractivity contribution in [2.45, 2.75) is 103 Å². The molecule has 0 heterocycles. The maximum absolute atomic E-state index is 11.2. The molecule has 0 aliphatic carbocycles. The third kappa shape index (κ3) is 16.0. The third-order valence-electron chi connectivity index (χ3n) is 3.86. The summed E-state index contributed by atoms with van der Waals surface area (Å²) in [5.74, 6) is -0.0454. The Morgan fingerprint density at radius 1 is 0.857 bits per heavy atom. The van der Waals surface area contributed by atoms with Crippen LogP contribution in [0.3, 0.4) is 0 Å². The summed E-state index contributed by atoms with van der Waals surface area (Å²) in [6.07, 6.45) is 15.8. The topological polar surface area (TPSA) is 26.3 Å². The molecule has 0 aromatic heterocycles. The number of carbonyl (C=O) groups is 1. The van der Waals surface area contributed by atoms with E-state index >= 15 is 0 Å². The van der Waals surface area contributed by atoms with Gasteiger partial charge in [-0.2, -0.15) is 12.6 Å². The largest absolute Gasteiger partial charge is 0.466 e. The van der Waals surface area contributed by atoms with Gasteiger partial charge in [-0.3, -0.25) is 4.79 Å². The van der Waals surface area contributed by atoms with Gasteiger partial charge in [-0.1, -0.05) is 64.7 Å². The molecule has 0 aromatic carbocycles. The molecule has 0 spiro atoms. The van der Waals surface area contributed by atoms with Crippen LogP contribution in [0.4, 0.5) is 0 Å². The van der Waals surface area contributed by atoms with E-state index < -0.39 is 0 Å². The second-order valence-electron chi connectivity index (χ2n) is 5.97. The zero-order chi connectivity index (χ0) is 15.8. The molecule has 0 saturated carbocycles. The van der Waals surface area contributed by atoms with E-state index in [1.807, 2.05) is 6.92 Å². The highest BCUT2D eigenvalue weighted by atomic mass is 32.1. The van der Waals surface area contributed by atoms with E-state index in [0.717, 1.165) is 12.8 Å². The van der Waals surface area contributed by atoms with Gasteiger partial charge in [-0.05, 0) is 26.2 Å². The van der Waals surface area contributed by atoms with Crippen LogP contribution in [0.15, 0.2) is 0 Å². The van der Waals surface area contributed by atoms with Crippen LogP contribution < -0.4 is 0 Å². The fourth-order valence-electron chi connectivity index (χ4n) is 2.54. The van der Waals surface area contributed by atoms with Crippen molar-refractivity contribution >= 4 is 18.6 Å². The van der Waals surface area contributed by atoms with Crippen molar-refractivity contribution in [2.24, 2.45) is 0 Å². The van der Waals surface area contributed by atoms with Gasteiger partial charge in [0, 0.05) is 11.7 Å². The Labute approximate surface area is 137 Å². The summed E-state index contributed by atoms with van der Waals surface area (Å²) in [7, 11) is 0. The van der Waals surface area contributed by atoms with Crippen molar-refractivity contribution in [3.8, 4) is 0 Å². The molecule has 0 aromatic rings. The Kier molecular flexibility index (Phi) is 16.1. The average Bonchev–Trinajstić information content (AvgIpc) is 2.46. The summed E-state index contributed by atoms with van der Waals surface area (Å²) in [4.78, 5) is 11.2. The Hall–Kier alpha value is -0.180. The number of thiol groups is 1. The van der Waals surface area contributed by atoms with Crippen LogP contribution >= 0.6 is 12.6 Å². The minimum Gasteiger partial charge on any atom is -0.466 e. The average molecular weight is 317 g/mol. The van der Waals surface area contributed by atoms with Gasteiger partial charge >= 0.3 is 5.97 Å². The zero-order valence-corrected chi connectivity index (χ0v) is 15.1. The lowest BCUT2D eigenvalue weighted by Crippen LogP contribution is -2.03. The standard InChI is InChI=1S/C18H36O2S/c1-3-5-6-8-11-14-17(21)15-12-9-7-10-13-16-18(19)20-4-2/h17,21H,3-16H2,1-2H3. The molecule has 0 N–H and O–H groups in total. The smallest absolute Gasteiger partial charge is 0.305 e. The molecule has 0 bridgehead atoms. The molecule has 1 atom stereocenters. The van der Waals surface area contributed by atoms with E-state index in [0.29, 0.717) is 18.3 Å². The molecule has 0 rings (SSSR count). The van der Waals surface area contributed by atoms with Crippen LogP contribution in [-0.2, 0) is 9.53 Å². The van der Waals surface area contributed by atoms with Crippen LogP contribution in [0.1, 0.15) is 97.3 Å². The first-order chi connectivity index (χ1) is 10.2. The van der Waals surface area contributed by atoms with Crippen LogP contribution in [0, 0.1) is 0 Å². The molecule has 0 aliphatic heterocycles. The van der Waals surface area contributed by atoms with Crippen LogP contribution in [0.5, 0.6) is 0 Å². The highest BCUT2D eigenvalue weighted by Crippen LogP contribution is 2.17. The molecule has 0 fully saturated rings. The van der Waals surface area contributed by atoms with E-state index in [9.17, 15) is 4.79 Å². The Balaban J connectivity index is 3.21. The lowest BCUT2D eigenvalue weighted by atomic mass is 10.0. The lowest BCUT2D eigenvalue weighted by Gasteiger charge is -2.10. The van der Waals surface area contributed by atoms with E-state index in [1.165, 1.54) is 64.2 Å². The lowest BCUT2D eigenvalue weighted by molar-refractivity contribution is -0.143. The molecular formula is C18H36O2S. The third-order valence-corrected chi connectivity index (χ3v) is 4.38. The minimum absolute atomic E-state index is 0.0454. The van der Waals surface area contributed by atoms with Gasteiger partial charge in [0.1, 0.15) is 0 Å². The van der Waals surface area contributed by atoms with Crippen molar-refractivity contribution < 1.29 is 9.53 Å². The predicted octanol–water partition coefficient (Wildman–Crippen LogP) is 5.94. The molecule has 2 nitrogen and oxygen atoms in total. The molecule has 126 valence electrons. The van der Waals surface area contributed by atoms with Crippen molar-refractivity contribution in [3.05, 3.63) is 0 Å². The van der Waals surface area contributed by atoms with Crippen molar-refractivity contribution in [1.29, 1.82) is 0 Å². The fraction of sp³-hybridized carbons (Fsp3) is 0.944. The molecule has 3 heteroatoms. The summed E-state index contributed by atoms with van der Waals surface area (Å²) in [5, 5.41) is 0.589. The molecule has 0 amide bonds. The van der Waals surface area contributed by atoms with E-state index in [-0.39, 0.29) is 5.97 Å². The number of carbonyl (C=O) groups excluding carboxylic acids is 1. The minimum atomic E-state index is -0.0454. The summed E-state index contributed by atoms with van der Waals surface area (Å²) >= 11 is 4.69. The van der Waals surface area contributed by atoms with Gasteiger partial charge in [0.15, 0.2) is 0 Å². The highest BCUT2D eigenvalue weighted by molar-refractivity contribution is 7.80. The van der Waals surface area contributed by atoms with Crippen molar-refractivity contribution in [2.75, 3.05) is 6.61 Å². The molecule has 0 radical (unpaired) electrons. The van der Waals surface area contributed by atoms with Crippen molar-refractivity contribution in [1.82, 2.24) is 0 Å². The Bertz CT molecular complexity index is 231. The molecular weight excluding hydrogens is 280 g/mol. The fourth-order valence-corrected chi connectivity index (χ4v) is 2.91. The number of rotatable bonds is 15. The van der Waals surface area contributed by atoms with Gasteiger partial charge in [-0.15, -0.1) is 0 Å². The number of ether oxygens (including phenoxy) is 1. The first-order valence-corrected chi connectivity index (χ1v) is 9.56. The monoisotopic (exact) mass is 316 g/mol. The summed E-state index contributed by atoms with van der Waals surface area (Å²) in [6, 6.07) is 0. The molecule has 0 saturated heterocycles. The first-order valence-electron chi connectivity index (χ1n) is 9.04. The SMILES string of the molecule is CCCCCCCC(S)CCCCCCCC(=O)OCC. The zero-order valence-electron chi connectivity index (χ0n) is 14.2. The Morgan fingerprint density at radius 3 is 1.95 bits per heavy atom. The van der Waals surface area contributed by atoms with E-state index in [1.54, 1.807) is 0 Å². The van der Waals surface area contributed by atoms with Gasteiger partial charge in [0.25, 0.3) is 0 Å². The summed E-state index contributed by atoms with van der Waals surface area (Å²) in [6.45, 7) is 4.62. The molecule has 21 heavy (non-hydrogen) atoms. The first kappa shape index (κ1) is 20.8. The maximum Gasteiger partial charge on any atom is 0.305 e. The number of esters is 1. The highest BCUT2D eigenvalue weighted by Gasteiger charge is 2.03. The second-order valence-corrected chi connectivity index (χ2v) is 6.70. The second kappa shape index (κ2) is 16.2. The van der Waals surface area contributed by atoms with E-state index in [4.69, 9.17) is 4.74 Å². The number of hydrogen-bond donors (Lipinski definition) is 1. The van der Waals surface area contributed by atoms with Gasteiger partial charge in [0.05, 0.1) is 6.61 Å². The summed E-state index contributed by atoms with van der Waals surface area (Å²) < 4.78 is 4.91. The number of hydrogen-bond acceptors (Lipinski definition) is 3. The normalized spacial score (nSPS) is 12.3. The Morgan fingerprint density at radius 2 is 1.38 bits per heavy atom. The van der Waals surface area contributed by atoms with Gasteiger partial charge < -0.3 is 4.74 Å². The maximum atomic E-state index is 11.2. The van der Waals surface area contributed by atoms with Gasteiger partial charge in [-0.25, -0.2) is 0 Å². The van der Waals surface area contributed by atoms with Crippen LogP contribution in [-0.4, -0.2) is 17.8 Å². The number of unbranched alkanes of at least 4 members (excludes halogenated alkanes) is 8. The van der Waals surface area contributed by atoms with Gasteiger partial charge in [0.2, 0.25) is 0 Å². The van der Waals surface area contributed by atoms with E-state index in [2.05, 4.69) is 19.6 Å². The van der Waals surface area contributed by atoms with Crippen molar-refractivity contribution in [3.63, 3.8) is 0 Å². The summed E-state index contributed by atoms with van der Waals surface area (Å²) in [5.41, 5.74) is 0.